The molecule has 0 radical (unpaired) electrons. The zero-order valence-electron chi connectivity index (χ0n) is 16.8. The second-order valence-electron chi connectivity index (χ2n) is 7.74. The molecule has 0 saturated carbocycles. The van der Waals surface area contributed by atoms with Crippen LogP contribution < -0.4 is 9.46 Å². The molecule has 1 aliphatic carbocycles. The number of para-hydroxylation sites is 1. The van der Waals surface area contributed by atoms with Gasteiger partial charge in [-0.05, 0) is 66.5 Å². The fraction of sp³-hybridized carbons (Fsp3) is 0.250. The van der Waals surface area contributed by atoms with Gasteiger partial charge in [0.15, 0.2) is 0 Å². The predicted octanol–water partition coefficient (Wildman–Crippen LogP) is 6.98. The first-order chi connectivity index (χ1) is 14.1. The van der Waals surface area contributed by atoms with E-state index in [4.69, 9.17) is 9.72 Å². The van der Waals surface area contributed by atoms with Crippen LogP contribution in [0.4, 0.5) is 5.95 Å². The van der Waals surface area contributed by atoms with Crippen LogP contribution in [0.25, 0.3) is 5.57 Å². The average Bonchev–Trinajstić information content (AvgIpc) is 2.73. The molecule has 0 bridgehead atoms. The molecule has 5 heteroatoms. The van der Waals surface area contributed by atoms with Crippen molar-refractivity contribution in [1.29, 1.82) is 0 Å². The summed E-state index contributed by atoms with van der Waals surface area (Å²) in [6.07, 6.45) is 5.76. The van der Waals surface area contributed by atoms with E-state index in [1.54, 1.807) is 0 Å². The summed E-state index contributed by atoms with van der Waals surface area (Å²) in [5.74, 6) is 1.85. The number of nitrogens with one attached hydrogen (secondary N) is 1. The first-order valence-corrected chi connectivity index (χ1v) is 10.7. The number of hydrogen-bond donors (Lipinski definition) is 1. The van der Waals surface area contributed by atoms with Gasteiger partial charge in [-0.15, -0.1) is 0 Å². The standard InChI is InChI=1S/C24H25N3OS/c1-24(2)16-10-9-15-20(24)21-17-22(28-18-11-5-3-6-12-18)26-23(25-21)27-29-19-13-7-4-8-14-19/h3-8,11-15,17H,9-10,16H2,1-2H3,(H,25,26,27). The van der Waals surface area contributed by atoms with E-state index in [1.807, 2.05) is 54.6 Å². The van der Waals surface area contributed by atoms with Crippen LogP contribution in [0.1, 0.15) is 38.8 Å². The van der Waals surface area contributed by atoms with E-state index in [0.717, 1.165) is 29.2 Å². The Hall–Kier alpha value is -2.79. The van der Waals surface area contributed by atoms with Crippen molar-refractivity contribution in [3.05, 3.63) is 78.5 Å². The Morgan fingerprint density at radius 1 is 0.966 bits per heavy atom. The third-order valence-corrected chi connectivity index (χ3v) is 5.82. The molecule has 148 valence electrons. The molecule has 0 unspecified atom stereocenters. The van der Waals surface area contributed by atoms with Crippen LogP contribution in [0.5, 0.6) is 11.6 Å². The molecule has 0 amide bonds. The highest BCUT2D eigenvalue weighted by Crippen LogP contribution is 2.43. The Morgan fingerprint density at radius 2 is 1.69 bits per heavy atom. The molecular formula is C24H25N3OS. The van der Waals surface area contributed by atoms with Gasteiger partial charge in [-0.25, -0.2) is 4.98 Å². The molecule has 1 heterocycles. The van der Waals surface area contributed by atoms with Crippen molar-refractivity contribution in [2.75, 3.05) is 4.72 Å². The lowest BCUT2D eigenvalue weighted by atomic mass is 9.74. The Balaban J connectivity index is 1.66. The van der Waals surface area contributed by atoms with Gasteiger partial charge in [0.05, 0.1) is 5.69 Å². The van der Waals surface area contributed by atoms with Gasteiger partial charge in [-0.1, -0.05) is 56.3 Å². The molecule has 2 aromatic carbocycles. The lowest BCUT2D eigenvalue weighted by Gasteiger charge is -2.31. The molecular weight excluding hydrogens is 378 g/mol. The molecule has 0 atom stereocenters. The summed E-state index contributed by atoms with van der Waals surface area (Å²) >= 11 is 1.49. The number of nitrogens with zero attached hydrogens (tertiary/aromatic N) is 2. The van der Waals surface area contributed by atoms with Crippen LogP contribution in [0, 0.1) is 5.41 Å². The summed E-state index contributed by atoms with van der Waals surface area (Å²) in [6, 6.07) is 21.8. The highest BCUT2D eigenvalue weighted by molar-refractivity contribution is 8.00. The predicted molar refractivity (Wildman–Crippen MR) is 120 cm³/mol. The van der Waals surface area contributed by atoms with Gasteiger partial charge < -0.3 is 4.74 Å². The topological polar surface area (TPSA) is 47.0 Å². The van der Waals surface area contributed by atoms with Crippen molar-refractivity contribution < 1.29 is 4.74 Å². The summed E-state index contributed by atoms with van der Waals surface area (Å²) in [5, 5.41) is 0. The number of hydrogen-bond acceptors (Lipinski definition) is 5. The number of anilines is 1. The SMILES string of the molecule is CC1(C)CCCC=C1c1cc(Oc2ccccc2)nc(NSc2ccccc2)n1. The Kier molecular flexibility index (Phi) is 5.86. The number of allylic oxidation sites excluding steroid dienone is 2. The fourth-order valence-corrected chi connectivity index (χ4v) is 4.11. The summed E-state index contributed by atoms with van der Waals surface area (Å²) in [4.78, 5) is 10.5. The zero-order chi connectivity index (χ0) is 20.1. The Labute approximate surface area is 176 Å². The van der Waals surface area contributed by atoms with Crippen molar-refractivity contribution in [3.8, 4) is 11.6 Å². The first kappa shape index (κ1) is 19.5. The van der Waals surface area contributed by atoms with Crippen LogP contribution in [0.3, 0.4) is 0 Å². The van der Waals surface area contributed by atoms with Crippen LogP contribution in [-0.4, -0.2) is 9.97 Å². The average molecular weight is 404 g/mol. The summed E-state index contributed by atoms with van der Waals surface area (Å²) < 4.78 is 9.32. The molecule has 0 saturated heterocycles. The minimum absolute atomic E-state index is 0.0838. The first-order valence-electron chi connectivity index (χ1n) is 9.91. The minimum atomic E-state index is 0.0838. The maximum Gasteiger partial charge on any atom is 0.237 e. The molecule has 29 heavy (non-hydrogen) atoms. The van der Waals surface area contributed by atoms with E-state index in [0.29, 0.717) is 11.8 Å². The van der Waals surface area contributed by atoms with Crippen molar-refractivity contribution in [2.24, 2.45) is 5.41 Å². The normalized spacial score (nSPS) is 15.4. The maximum atomic E-state index is 6.04. The third-order valence-electron chi connectivity index (χ3n) is 5.03. The monoisotopic (exact) mass is 403 g/mol. The largest absolute Gasteiger partial charge is 0.439 e. The van der Waals surface area contributed by atoms with Crippen LogP contribution in [-0.2, 0) is 0 Å². The number of aromatic nitrogens is 2. The minimum Gasteiger partial charge on any atom is -0.439 e. The number of benzene rings is 2. The summed E-state index contributed by atoms with van der Waals surface area (Å²) in [7, 11) is 0. The summed E-state index contributed by atoms with van der Waals surface area (Å²) in [6.45, 7) is 4.56. The smallest absolute Gasteiger partial charge is 0.237 e. The van der Waals surface area contributed by atoms with E-state index in [-0.39, 0.29) is 5.41 Å². The van der Waals surface area contributed by atoms with E-state index in [9.17, 15) is 0 Å². The second-order valence-corrected chi connectivity index (χ2v) is 8.62. The summed E-state index contributed by atoms with van der Waals surface area (Å²) in [5.41, 5.74) is 2.27. The highest BCUT2D eigenvalue weighted by atomic mass is 32.2. The fourth-order valence-electron chi connectivity index (χ4n) is 3.52. The van der Waals surface area contributed by atoms with Crippen molar-refractivity contribution in [1.82, 2.24) is 9.97 Å². The van der Waals surface area contributed by atoms with Gasteiger partial charge in [0.1, 0.15) is 5.75 Å². The van der Waals surface area contributed by atoms with Gasteiger partial charge in [-0.2, -0.15) is 4.98 Å². The molecule has 0 aliphatic heterocycles. The van der Waals surface area contributed by atoms with E-state index in [2.05, 4.69) is 41.8 Å². The van der Waals surface area contributed by atoms with Crippen molar-refractivity contribution in [3.63, 3.8) is 0 Å². The molecule has 3 aromatic rings. The third kappa shape index (κ3) is 4.98. The molecule has 1 aromatic heterocycles. The second kappa shape index (κ2) is 8.70. The van der Waals surface area contributed by atoms with Gasteiger partial charge in [0, 0.05) is 11.0 Å². The molecule has 0 fully saturated rings. The van der Waals surface area contributed by atoms with Gasteiger partial charge >= 0.3 is 0 Å². The van der Waals surface area contributed by atoms with Crippen LogP contribution in [0.15, 0.2) is 77.7 Å². The van der Waals surface area contributed by atoms with E-state index in [1.165, 1.54) is 23.9 Å². The van der Waals surface area contributed by atoms with Gasteiger partial charge in [-0.3, -0.25) is 4.72 Å². The Bertz CT molecular complexity index is 988. The van der Waals surface area contributed by atoms with Crippen molar-refractivity contribution >= 4 is 23.5 Å². The molecule has 4 nitrogen and oxygen atoms in total. The van der Waals surface area contributed by atoms with E-state index >= 15 is 0 Å². The molecule has 0 spiro atoms. The maximum absolute atomic E-state index is 6.04. The quantitative estimate of drug-likeness (QED) is 0.450. The highest BCUT2D eigenvalue weighted by Gasteiger charge is 2.28. The number of ether oxygens (including phenoxy) is 1. The lowest BCUT2D eigenvalue weighted by molar-refractivity contribution is 0.422. The molecule has 1 N–H and O–H groups in total. The van der Waals surface area contributed by atoms with Gasteiger partial charge in [0.2, 0.25) is 11.8 Å². The molecule has 4 rings (SSSR count). The zero-order valence-corrected chi connectivity index (χ0v) is 17.6. The van der Waals surface area contributed by atoms with Crippen LogP contribution >= 0.6 is 11.9 Å². The van der Waals surface area contributed by atoms with Crippen LogP contribution in [0.2, 0.25) is 0 Å². The molecule has 1 aliphatic rings. The van der Waals surface area contributed by atoms with Crippen molar-refractivity contribution in [2.45, 2.75) is 38.0 Å². The van der Waals surface area contributed by atoms with Gasteiger partial charge in [0.25, 0.3) is 0 Å². The van der Waals surface area contributed by atoms with E-state index < -0.39 is 0 Å². The lowest BCUT2D eigenvalue weighted by Crippen LogP contribution is -2.18. The number of rotatable bonds is 6. The Morgan fingerprint density at radius 3 is 2.41 bits per heavy atom.